The SMILES string of the molecule is CCNC(=NCc1ccnn1C)NCCNc1nccc(C(F)(F)F)n1.I. The molecule has 2 heterocycles. The van der Waals surface area contributed by atoms with E-state index >= 15 is 0 Å². The molecule has 0 atom stereocenters. The fourth-order valence-electron chi connectivity index (χ4n) is 2.02. The second-order valence-corrected chi connectivity index (χ2v) is 5.26. The predicted molar refractivity (Wildman–Crippen MR) is 107 cm³/mol. The van der Waals surface area contributed by atoms with E-state index in [1.807, 2.05) is 20.0 Å². The molecule has 27 heavy (non-hydrogen) atoms. The Labute approximate surface area is 172 Å². The summed E-state index contributed by atoms with van der Waals surface area (Å²) in [5, 5.41) is 13.0. The molecule has 0 fully saturated rings. The molecule has 2 rings (SSSR count). The van der Waals surface area contributed by atoms with Gasteiger partial charge in [-0.3, -0.25) is 4.68 Å². The average molecular weight is 498 g/mol. The summed E-state index contributed by atoms with van der Waals surface area (Å²) in [7, 11) is 1.84. The van der Waals surface area contributed by atoms with E-state index in [1.165, 1.54) is 0 Å². The Kier molecular flexibility index (Phi) is 9.25. The molecule has 0 amide bonds. The average Bonchev–Trinajstić information content (AvgIpc) is 3.01. The molecule has 0 saturated carbocycles. The molecule has 0 unspecified atom stereocenters. The van der Waals surface area contributed by atoms with E-state index in [1.54, 1.807) is 10.9 Å². The number of hydrogen-bond acceptors (Lipinski definition) is 5. The van der Waals surface area contributed by atoms with Crippen molar-refractivity contribution >= 4 is 35.9 Å². The first-order valence-electron chi connectivity index (χ1n) is 8.03. The van der Waals surface area contributed by atoms with Gasteiger partial charge in [0.25, 0.3) is 0 Å². The highest BCUT2D eigenvalue weighted by molar-refractivity contribution is 14.0. The molecule has 0 radical (unpaired) electrons. The molecule has 2 aromatic heterocycles. The minimum Gasteiger partial charge on any atom is -0.357 e. The number of guanidine groups is 1. The highest BCUT2D eigenvalue weighted by Crippen LogP contribution is 2.27. The fraction of sp³-hybridized carbons (Fsp3) is 0.467. The summed E-state index contributed by atoms with van der Waals surface area (Å²) in [5.74, 6) is 0.527. The van der Waals surface area contributed by atoms with Gasteiger partial charge in [0.15, 0.2) is 5.96 Å². The van der Waals surface area contributed by atoms with E-state index in [2.05, 4.69) is 36.0 Å². The predicted octanol–water partition coefficient (Wildman–Crippen LogP) is 2.01. The zero-order valence-corrected chi connectivity index (χ0v) is 17.2. The topological polar surface area (TPSA) is 92.0 Å². The highest BCUT2D eigenvalue weighted by Gasteiger charge is 2.32. The summed E-state index contributed by atoms with van der Waals surface area (Å²) in [6.07, 6.45) is -1.72. The van der Waals surface area contributed by atoms with E-state index in [-0.39, 0.29) is 29.9 Å². The molecule has 0 aromatic carbocycles. The van der Waals surface area contributed by atoms with E-state index in [4.69, 9.17) is 0 Å². The Hall–Kier alpha value is -2.12. The van der Waals surface area contributed by atoms with Gasteiger partial charge >= 0.3 is 6.18 Å². The maximum absolute atomic E-state index is 12.6. The van der Waals surface area contributed by atoms with Crippen LogP contribution in [-0.2, 0) is 19.8 Å². The summed E-state index contributed by atoms with van der Waals surface area (Å²) in [4.78, 5) is 11.7. The number of rotatable bonds is 7. The van der Waals surface area contributed by atoms with Gasteiger partial charge in [-0.1, -0.05) is 0 Å². The Bertz CT molecular complexity index is 732. The quantitative estimate of drug-likeness (QED) is 0.234. The third-order valence-corrected chi connectivity index (χ3v) is 3.31. The van der Waals surface area contributed by atoms with Crippen molar-refractivity contribution in [2.75, 3.05) is 25.0 Å². The van der Waals surface area contributed by atoms with Crippen molar-refractivity contribution in [2.24, 2.45) is 12.0 Å². The lowest BCUT2D eigenvalue weighted by Gasteiger charge is -2.12. The van der Waals surface area contributed by atoms with Crippen molar-refractivity contribution in [1.82, 2.24) is 30.4 Å². The Morgan fingerprint density at radius 1 is 1.19 bits per heavy atom. The molecule has 12 heteroatoms. The number of hydrogen-bond donors (Lipinski definition) is 3. The van der Waals surface area contributed by atoms with Crippen LogP contribution < -0.4 is 16.0 Å². The lowest BCUT2D eigenvalue weighted by molar-refractivity contribution is -0.141. The van der Waals surface area contributed by atoms with Crippen molar-refractivity contribution in [2.45, 2.75) is 19.6 Å². The van der Waals surface area contributed by atoms with Crippen LogP contribution >= 0.6 is 24.0 Å². The van der Waals surface area contributed by atoms with Crippen LogP contribution in [0.5, 0.6) is 0 Å². The van der Waals surface area contributed by atoms with Gasteiger partial charge in [-0.25, -0.2) is 15.0 Å². The third-order valence-electron chi connectivity index (χ3n) is 3.31. The molecule has 0 aliphatic rings. The van der Waals surface area contributed by atoms with E-state index in [0.29, 0.717) is 32.1 Å². The lowest BCUT2D eigenvalue weighted by Crippen LogP contribution is -2.39. The first-order chi connectivity index (χ1) is 12.4. The van der Waals surface area contributed by atoms with Gasteiger partial charge in [0, 0.05) is 39.1 Å². The van der Waals surface area contributed by atoms with Crippen LogP contribution in [0.25, 0.3) is 0 Å². The molecule has 3 N–H and O–H groups in total. The smallest absolute Gasteiger partial charge is 0.357 e. The van der Waals surface area contributed by atoms with E-state index in [9.17, 15) is 13.2 Å². The highest BCUT2D eigenvalue weighted by atomic mass is 127. The van der Waals surface area contributed by atoms with E-state index < -0.39 is 11.9 Å². The van der Waals surface area contributed by atoms with E-state index in [0.717, 1.165) is 18.0 Å². The van der Waals surface area contributed by atoms with Gasteiger partial charge in [-0.2, -0.15) is 18.3 Å². The number of nitrogens with zero attached hydrogens (tertiary/aromatic N) is 5. The minimum atomic E-state index is -4.49. The van der Waals surface area contributed by atoms with Crippen LogP contribution in [0.15, 0.2) is 29.5 Å². The molecule has 150 valence electrons. The van der Waals surface area contributed by atoms with Gasteiger partial charge in [0.05, 0.1) is 12.2 Å². The summed E-state index contributed by atoms with van der Waals surface area (Å²) < 4.78 is 39.6. The normalized spacial score (nSPS) is 11.7. The maximum Gasteiger partial charge on any atom is 0.433 e. The first-order valence-corrected chi connectivity index (χ1v) is 8.03. The van der Waals surface area contributed by atoms with Gasteiger partial charge in [-0.05, 0) is 19.1 Å². The Morgan fingerprint density at radius 3 is 2.59 bits per heavy atom. The lowest BCUT2D eigenvalue weighted by atomic mass is 10.4. The van der Waals surface area contributed by atoms with Gasteiger partial charge in [0.2, 0.25) is 5.95 Å². The molecule has 2 aromatic rings. The number of anilines is 1. The molecule has 0 aliphatic carbocycles. The molecular formula is C15H22F3IN8. The standard InChI is InChI=1S/C15H21F3N8.HI/c1-3-19-13(23-10-11-4-7-24-26(11)2)21-8-9-22-14-20-6-5-12(25-14)15(16,17)18;/h4-7H,3,8-10H2,1-2H3,(H2,19,21,23)(H,20,22,25);1H. The Morgan fingerprint density at radius 2 is 1.96 bits per heavy atom. The van der Waals surface area contributed by atoms with Crippen molar-refractivity contribution in [3.63, 3.8) is 0 Å². The van der Waals surface area contributed by atoms with Crippen LogP contribution in [0, 0.1) is 0 Å². The molecule has 0 aliphatic heterocycles. The zero-order valence-electron chi connectivity index (χ0n) is 14.9. The van der Waals surface area contributed by atoms with Crippen molar-refractivity contribution < 1.29 is 13.2 Å². The van der Waals surface area contributed by atoms with Gasteiger partial charge < -0.3 is 16.0 Å². The van der Waals surface area contributed by atoms with Crippen molar-refractivity contribution in [3.05, 3.63) is 35.9 Å². The van der Waals surface area contributed by atoms with Crippen LogP contribution in [0.2, 0.25) is 0 Å². The molecular weight excluding hydrogens is 476 g/mol. The summed E-state index contributed by atoms with van der Waals surface area (Å²) in [5.41, 5.74) is -0.0215. The molecule has 0 saturated heterocycles. The minimum absolute atomic E-state index is 0. The van der Waals surface area contributed by atoms with Crippen LogP contribution in [0.1, 0.15) is 18.3 Å². The summed E-state index contributed by atoms with van der Waals surface area (Å²) >= 11 is 0. The third kappa shape index (κ3) is 7.56. The zero-order chi connectivity index (χ0) is 19.0. The Balaban J connectivity index is 0.00000364. The number of aromatic nitrogens is 4. The number of aryl methyl sites for hydroxylation is 1. The monoisotopic (exact) mass is 498 g/mol. The number of nitrogens with one attached hydrogen (secondary N) is 3. The van der Waals surface area contributed by atoms with Crippen LogP contribution in [0.4, 0.5) is 19.1 Å². The number of halogens is 4. The number of alkyl halides is 3. The van der Waals surface area contributed by atoms with Crippen LogP contribution in [-0.4, -0.2) is 45.3 Å². The number of aliphatic imine (C=N–C) groups is 1. The van der Waals surface area contributed by atoms with Crippen molar-refractivity contribution in [1.29, 1.82) is 0 Å². The second-order valence-electron chi connectivity index (χ2n) is 5.26. The first kappa shape index (κ1) is 22.9. The summed E-state index contributed by atoms with van der Waals surface area (Å²) in [6, 6.07) is 2.71. The molecule has 0 spiro atoms. The molecule has 8 nitrogen and oxygen atoms in total. The summed E-state index contributed by atoms with van der Waals surface area (Å²) in [6.45, 7) is 3.83. The molecule has 0 bridgehead atoms. The largest absolute Gasteiger partial charge is 0.433 e. The fourth-order valence-corrected chi connectivity index (χ4v) is 2.02. The maximum atomic E-state index is 12.6. The van der Waals surface area contributed by atoms with Gasteiger partial charge in [0.1, 0.15) is 5.69 Å². The van der Waals surface area contributed by atoms with Gasteiger partial charge in [-0.15, -0.1) is 24.0 Å². The van der Waals surface area contributed by atoms with Crippen LogP contribution in [0.3, 0.4) is 0 Å². The second kappa shape index (κ2) is 10.9. The van der Waals surface area contributed by atoms with Crippen molar-refractivity contribution in [3.8, 4) is 0 Å².